The fourth-order valence-corrected chi connectivity index (χ4v) is 1.76. The van der Waals surface area contributed by atoms with Crippen molar-refractivity contribution in [2.45, 2.75) is 12.8 Å². The van der Waals surface area contributed by atoms with Gasteiger partial charge in [-0.3, -0.25) is 0 Å². The van der Waals surface area contributed by atoms with Gasteiger partial charge in [0, 0.05) is 26.7 Å². The predicted molar refractivity (Wildman–Crippen MR) is 53.1 cm³/mol. The van der Waals surface area contributed by atoms with E-state index in [4.69, 9.17) is 4.74 Å². The largest absolute Gasteiger partial charge is 0.378 e. The maximum atomic E-state index is 11.9. The van der Waals surface area contributed by atoms with E-state index in [9.17, 15) is 4.79 Å². The SMILES string of the molecule is CN(CC1CC1)C(=O)N1CCOCC1. The molecule has 0 spiro atoms. The Morgan fingerprint density at radius 1 is 1.43 bits per heavy atom. The molecule has 2 aliphatic rings. The lowest BCUT2D eigenvalue weighted by Crippen LogP contribution is -2.47. The highest BCUT2D eigenvalue weighted by Crippen LogP contribution is 2.29. The molecule has 1 heterocycles. The van der Waals surface area contributed by atoms with E-state index in [-0.39, 0.29) is 6.03 Å². The van der Waals surface area contributed by atoms with Crippen molar-refractivity contribution in [3.8, 4) is 0 Å². The van der Waals surface area contributed by atoms with Gasteiger partial charge in [0.15, 0.2) is 0 Å². The molecule has 1 aliphatic carbocycles. The minimum absolute atomic E-state index is 0.167. The molecule has 4 heteroatoms. The summed E-state index contributed by atoms with van der Waals surface area (Å²) in [4.78, 5) is 15.6. The summed E-state index contributed by atoms with van der Waals surface area (Å²) in [6, 6.07) is 0.167. The first kappa shape index (κ1) is 9.77. The molecule has 0 bridgehead atoms. The molecule has 2 fully saturated rings. The van der Waals surface area contributed by atoms with Crippen molar-refractivity contribution in [3.63, 3.8) is 0 Å². The second-order valence-corrected chi connectivity index (χ2v) is 4.21. The van der Waals surface area contributed by atoms with E-state index in [2.05, 4.69) is 0 Å². The van der Waals surface area contributed by atoms with Gasteiger partial charge in [0.2, 0.25) is 0 Å². The van der Waals surface area contributed by atoms with Crippen molar-refractivity contribution >= 4 is 6.03 Å². The summed E-state index contributed by atoms with van der Waals surface area (Å²) in [6.45, 7) is 3.78. The quantitative estimate of drug-likeness (QED) is 0.657. The van der Waals surface area contributed by atoms with E-state index in [0.29, 0.717) is 13.2 Å². The van der Waals surface area contributed by atoms with Gasteiger partial charge in [0.05, 0.1) is 13.2 Å². The summed E-state index contributed by atoms with van der Waals surface area (Å²) in [5, 5.41) is 0. The average Bonchev–Trinajstić information content (AvgIpc) is 3.02. The Morgan fingerprint density at radius 2 is 2.07 bits per heavy atom. The Kier molecular flexibility index (Phi) is 2.91. The van der Waals surface area contributed by atoms with Gasteiger partial charge in [-0.05, 0) is 18.8 Å². The number of carbonyl (C=O) groups is 1. The summed E-state index contributed by atoms with van der Waals surface area (Å²) in [5.41, 5.74) is 0. The molecule has 0 radical (unpaired) electrons. The summed E-state index contributed by atoms with van der Waals surface area (Å²) >= 11 is 0. The maximum Gasteiger partial charge on any atom is 0.319 e. The molecular weight excluding hydrogens is 180 g/mol. The molecule has 0 aromatic heterocycles. The first-order valence-electron chi connectivity index (χ1n) is 5.35. The number of morpholine rings is 1. The zero-order chi connectivity index (χ0) is 9.97. The number of rotatable bonds is 2. The van der Waals surface area contributed by atoms with Gasteiger partial charge in [-0.15, -0.1) is 0 Å². The summed E-state index contributed by atoms with van der Waals surface area (Å²) in [5.74, 6) is 0.769. The molecule has 0 N–H and O–H groups in total. The van der Waals surface area contributed by atoms with Crippen LogP contribution in [0.1, 0.15) is 12.8 Å². The first-order chi connectivity index (χ1) is 6.77. The van der Waals surface area contributed by atoms with E-state index >= 15 is 0 Å². The molecule has 0 unspecified atom stereocenters. The van der Waals surface area contributed by atoms with Crippen molar-refractivity contribution < 1.29 is 9.53 Å². The molecule has 2 amide bonds. The van der Waals surface area contributed by atoms with Gasteiger partial charge in [-0.1, -0.05) is 0 Å². The van der Waals surface area contributed by atoms with Crippen LogP contribution in [0.15, 0.2) is 0 Å². The van der Waals surface area contributed by atoms with Crippen LogP contribution >= 0.6 is 0 Å². The Bertz CT molecular complexity index is 210. The third-order valence-electron chi connectivity index (χ3n) is 2.84. The molecule has 1 saturated heterocycles. The van der Waals surface area contributed by atoms with Crippen molar-refractivity contribution in [1.29, 1.82) is 0 Å². The normalized spacial score (nSPS) is 22.2. The highest BCUT2D eigenvalue weighted by Gasteiger charge is 2.27. The Balaban J connectivity index is 1.79. The van der Waals surface area contributed by atoms with Gasteiger partial charge in [-0.25, -0.2) is 4.79 Å². The number of hydrogen-bond acceptors (Lipinski definition) is 2. The van der Waals surface area contributed by atoms with Crippen LogP contribution in [0, 0.1) is 5.92 Å². The van der Waals surface area contributed by atoms with Gasteiger partial charge < -0.3 is 14.5 Å². The molecule has 1 saturated carbocycles. The van der Waals surface area contributed by atoms with E-state index in [1.165, 1.54) is 12.8 Å². The number of nitrogens with zero attached hydrogens (tertiary/aromatic N) is 2. The number of hydrogen-bond donors (Lipinski definition) is 0. The number of carbonyl (C=O) groups excluding carboxylic acids is 1. The van der Waals surface area contributed by atoms with E-state index in [1.54, 1.807) is 0 Å². The van der Waals surface area contributed by atoms with Crippen molar-refractivity contribution in [2.75, 3.05) is 39.9 Å². The highest BCUT2D eigenvalue weighted by atomic mass is 16.5. The van der Waals surface area contributed by atoms with E-state index in [0.717, 1.165) is 25.6 Å². The van der Waals surface area contributed by atoms with Crippen LogP contribution in [0.5, 0.6) is 0 Å². The molecule has 0 aromatic rings. The van der Waals surface area contributed by atoms with Crippen LogP contribution in [0.4, 0.5) is 4.79 Å². The third-order valence-corrected chi connectivity index (χ3v) is 2.84. The fourth-order valence-electron chi connectivity index (χ4n) is 1.76. The van der Waals surface area contributed by atoms with Crippen LogP contribution in [0.25, 0.3) is 0 Å². The average molecular weight is 198 g/mol. The van der Waals surface area contributed by atoms with Gasteiger partial charge in [-0.2, -0.15) is 0 Å². The number of amides is 2. The summed E-state index contributed by atoms with van der Waals surface area (Å²) in [6.07, 6.45) is 2.58. The second kappa shape index (κ2) is 4.17. The minimum Gasteiger partial charge on any atom is -0.378 e. The summed E-state index contributed by atoms with van der Waals surface area (Å²) < 4.78 is 5.21. The van der Waals surface area contributed by atoms with Gasteiger partial charge in [0.25, 0.3) is 0 Å². The lowest BCUT2D eigenvalue weighted by molar-refractivity contribution is 0.0450. The fraction of sp³-hybridized carbons (Fsp3) is 0.900. The Hall–Kier alpha value is -0.770. The molecular formula is C10H18N2O2. The number of urea groups is 1. The molecule has 0 atom stereocenters. The summed E-state index contributed by atoms with van der Waals surface area (Å²) in [7, 11) is 1.90. The van der Waals surface area contributed by atoms with Crippen LogP contribution in [-0.2, 0) is 4.74 Å². The Labute approximate surface area is 84.8 Å². The number of ether oxygens (including phenoxy) is 1. The van der Waals surface area contributed by atoms with Crippen molar-refractivity contribution in [1.82, 2.24) is 9.80 Å². The standard InChI is InChI=1S/C10H18N2O2/c1-11(8-9-2-3-9)10(13)12-4-6-14-7-5-12/h9H,2-8H2,1H3. The van der Waals surface area contributed by atoms with Crippen LogP contribution < -0.4 is 0 Å². The highest BCUT2D eigenvalue weighted by molar-refractivity contribution is 5.74. The van der Waals surface area contributed by atoms with Gasteiger partial charge in [0.1, 0.15) is 0 Å². The lowest BCUT2D eigenvalue weighted by atomic mass is 10.4. The Morgan fingerprint density at radius 3 is 2.64 bits per heavy atom. The molecule has 2 rings (SSSR count). The van der Waals surface area contributed by atoms with Gasteiger partial charge >= 0.3 is 6.03 Å². The molecule has 80 valence electrons. The van der Waals surface area contributed by atoms with E-state index < -0.39 is 0 Å². The smallest absolute Gasteiger partial charge is 0.319 e. The zero-order valence-corrected chi connectivity index (χ0v) is 8.74. The monoisotopic (exact) mass is 198 g/mol. The predicted octanol–water partition coefficient (Wildman–Crippen LogP) is 0.780. The topological polar surface area (TPSA) is 32.8 Å². The minimum atomic E-state index is 0.167. The lowest BCUT2D eigenvalue weighted by Gasteiger charge is -2.31. The van der Waals surface area contributed by atoms with Crippen molar-refractivity contribution in [2.24, 2.45) is 5.92 Å². The third kappa shape index (κ3) is 2.38. The zero-order valence-electron chi connectivity index (χ0n) is 8.74. The second-order valence-electron chi connectivity index (χ2n) is 4.21. The first-order valence-corrected chi connectivity index (χ1v) is 5.35. The molecule has 0 aromatic carbocycles. The van der Waals surface area contributed by atoms with Crippen LogP contribution in [0.2, 0.25) is 0 Å². The van der Waals surface area contributed by atoms with Crippen molar-refractivity contribution in [3.05, 3.63) is 0 Å². The van der Waals surface area contributed by atoms with Crippen LogP contribution in [0.3, 0.4) is 0 Å². The maximum absolute atomic E-state index is 11.9. The van der Waals surface area contributed by atoms with E-state index in [1.807, 2.05) is 16.8 Å². The molecule has 1 aliphatic heterocycles. The molecule has 4 nitrogen and oxygen atoms in total. The molecule has 14 heavy (non-hydrogen) atoms. The van der Waals surface area contributed by atoms with Crippen LogP contribution in [-0.4, -0.2) is 55.7 Å².